The molecule has 0 amide bonds. The summed E-state index contributed by atoms with van der Waals surface area (Å²) in [5.74, 6) is -1.08. The van der Waals surface area contributed by atoms with Gasteiger partial charge in [0.05, 0.1) is 18.7 Å². The first-order chi connectivity index (χ1) is 8.43. The van der Waals surface area contributed by atoms with Gasteiger partial charge in [-0.25, -0.2) is 4.79 Å². The molecule has 0 aromatic heterocycles. The van der Waals surface area contributed by atoms with E-state index in [1.54, 1.807) is 26.8 Å². The SMILES string of the molecule is CCOC(=O)C(=O)c1c(C)cc(OC)c(Cl)c1C. The summed E-state index contributed by atoms with van der Waals surface area (Å²) in [6, 6.07) is 1.63. The summed E-state index contributed by atoms with van der Waals surface area (Å²) in [4.78, 5) is 23.4. The Balaban J connectivity index is 3.30. The predicted octanol–water partition coefficient (Wildman–Crippen LogP) is 2.71. The number of Topliss-reactive ketones (excluding diaryl/α,β-unsaturated/α-hetero) is 1. The molecule has 0 saturated heterocycles. The van der Waals surface area contributed by atoms with Gasteiger partial charge in [-0.3, -0.25) is 4.79 Å². The number of carbonyl (C=O) groups excluding carboxylic acids is 2. The smallest absolute Gasteiger partial charge is 0.379 e. The van der Waals surface area contributed by atoms with Gasteiger partial charge in [-0.1, -0.05) is 11.6 Å². The minimum Gasteiger partial charge on any atom is -0.495 e. The highest BCUT2D eigenvalue weighted by Crippen LogP contribution is 2.32. The van der Waals surface area contributed by atoms with Crippen LogP contribution < -0.4 is 4.74 Å². The first kappa shape index (κ1) is 14.5. The molecule has 0 N–H and O–H groups in total. The van der Waals surface area contributed by atoms with E-state index in [4.69, 9.17) is 21.1 Å². The molecule has 0 bridgehead atoms. The van der Waals surface area contributed by atoms with Crippen LogP contribution in [0.4, 0.5) is 0 Å². The van der Waals surface area contributed by atoms with Crippen molar-refractivity contribution in [3.8, 4) is 5.75 Å². The van der Waals surface area contributed by atoms with Crippen molar-refractivity contribution in [3.05, 3.63) is 27.8 Å². The summed E-state index contributed by atoms with van der Waals surface area (Å²) in [5.41, 5.74) is 1.43. The van der Waals surface area contributed by atoms with Crippen LogP contribution in [0.5, 0.6) is 5.75 Å². The van der Waals surface area contributed by atoms with Gasteiger partial charge in [0.25, 0.3) is 5.78 Å². The summed E-state index contributed by atoms with van der Waals surface area (Å²) in [5, 5.41) is 0.329. The Labute approximate surface area is 111 Å². The first-order valence-electron chi connectivity index (χ1n) is 5.49. The van der Waals surface area contributed by atoms with Gasteiger partial charge in [0, 0.05) is 5.56 Å². The molecule has 0 radical (unpaired) electrons. The van der Waals surface area contributed by atoms with Crippen molar-refractivity contribution in [2.45, 2.75) is 20.8 Å². The Morgan fingerprint density at radius 2 is 1.94 bits per heavy atom. The van der Waals surface area contributed by atoms with E-state index in [1.165, 1.54) is 7.11 Å². The summed E-state index contributed by atoms with van der Waals surface area (Å²) < 4.78 is 9.79. The fourth-order valence-corrected chi connectivity index (χ4v) is 1.95. The number of rotatable bonds is 4. The van der Waals surface area contributed by atoms with Crippen LogP contribution in [-0.2, 0) is 9.53 Å². The second-order valence-corrected chi connectivity index (χ2v) is 4.14. The number of esters is 1. The lowest BCUT2D eigenvalue weighted by Crippen LogP contribution is -2.20. The number of ketones is 1. The van der Waals surface area contributed by atoms with E-state index in [9.17, 15) is 9.59 Å². The summed E-state index contributed by atoms with van der Waals surface area (Å²) in [6.45, 7) is 5.20. The lowest BCUT2D eigenvalue weighted by molar-refractivity contribution is -0.137. The molecule has 98 valence electrons. The third kappa shape index (κ3) is 2.64. The molecule has 18 heavy (non-hydrogen) atoms. The largest absolute Gasteiger partial charge is 0.495 e. The fourth-order valence-electron chi connectivity index (χ4n) is 1.72. The number of halogens is 1. The van der Waals surface area contributed by atoms with Gasteiger partial charge in [-0.05, 0) is 38.0 Å². The number of hydrogen-bond donors (Lipinski definition) is 0. The van der Waals surface area contributed by atoms with Crippen LogP contribution in [0.2, 0.25) is 5.02 Å². The molecule has 0 saturated carbocycles. The van der Waals surface area contributed by atoms with Crippen molar-refractivity contribution >= 4 is 23.4 Å². The van der Waals surface area contributed by atoms with Crippen LogP contribution in [0.3, 0.4) is 0 Å². The molecule has 0 unspecified atom stereocenters. The van der Waals surface area contributed by atoms with Gasteiger partial charge >= 0.3 is 5.97 Å². The maximum Gasteiger partial charge on any atom is 0.379 e. The maximum absolute atomic E-state index is 12.0. The summed E-state index contributed by atoms with van der Waals surface area (Å²) in [7, 11) is 1.49. The Morgan fingerprint density at radius 1 is 1.33 bits per heavy atom. The molecule has 4 nitrogen and oxygen atoms in total. The van der Waals surface area contributed by atoms with Crippen LogP contribution in [0.25, 0.3) is 0 Å². The van der Waals surface area contributed by atoms with Gasteiger partial charge in [0.1, 0.15) is 5.75 Å². The number of aryl methyl sites for hydroxylation is 1. The molecule has 0 aliphatic rings. The highest BCUT2D eigenvalue weighted by molar-refractivity contribution is 6.42. The van der Waals surface area contributed by atoms with Crippen LogP contribution in [-0.4, -0.2) is 25.5 Å². The molecule has 0 fully saturated rings. The van der Waals surface area contributed by atoms with Gasteiger partial charge in [0.15, 0.2) is 0 Å². The third-order valence-corrected chi connectivity index (χ3v) is 3.04. The highest BCUT2D eigenvalue weighted by atomic mass is 35.5. The number of carbonyl (C=O) groups is 2. The zero-order valence-corrected chi connectivity index (χ0v) is 11.6. The van der Waals surface area contributed by atoms with Crippen LogP contribution >= 0.6 is 11.6 Å². The van der Waals surface area contributed by atoms with E-state index in [-0.39, 0.29) is 12.2 Å². The normalized spacial score (nSPS) is 10.1. The minimum absolute atomic E-state index is 0.159. The van der Waals surface area contributed by atoms with Crippen molar-refractivity contribution in [3.63, 3.8) is 0 Å². The highest BCUT2D eigenvalue weighted by Gasteiger charge is 2.24. The standard InChI is InChI=1S/C13H15ClO4/c1-5-18-13(16)12(15)10-7(2)6-9(17-4)11(14)8(10)3/h6H,5H2,1-4H3. The Morgan fingerprint density at radius 3 is 2.44 bits per heavy atom. The fraction of sp³-hybridized carbons (Fsp3) is 0.385. The average Bonchev–Trinajstić information content (AvgIpc) is 2.34. The molecule has 0 aliphatic heterocycles. The maximum atomic E-state index is 12.0. The number of ether oxygens (including phenoxy) is 2. The van der Waals surface area contributed by atoms with Gasteiger partial charge in [0.2, 0.25) is 0 Å². The Kier molecular flexibility index (Phi) is 4.73. The van der Waals surface area contributed by atoms with Crippen LogP contribution in [0.15, 0.2) is 6.07 Å². The predicted molar refractivity (Wildman–Crippen MR) is 68.4 cm³/mol. The zero-order valence-electron chi connectivity index (χ0n) is 10.8. The molecule has 1 aromatic rings. The quantitative estimate of drug-likeness (QED) is 0.480. The lowest BCUT2D eigenvalue weighted by atomic mass is 9.98. The number of benzene rings is 1. The van der Waals surface area contributed by atoms with Crippen molar-refractivity contribution in [2.24, 2.45) is 0 Å². The molecular formula is C13H15ClO4. The molecule has 0 atom stereocenters. The van der Waals surface area contributed by atoms with Crippen LogP contribution in [0.1, 0.15) is 28.4 Å². The monoisotopic (exact) mass is 270 g/mol. The van der Waals surface area contributed by atoms with E-state index in [0.717, 1.165) is 0 Å². The molecule has 1 rings (SSSR count). The zero-order chi connectivity index (χ0) is 13.9. The summed E-state index contributed by atoms with van der Waals surface area (Å²) >= 11 is 6.07. The van der Waals surface area contributed by atoms with Crippen molar-refractivity contribution in [1.82, 2.24) is 0 Å². The van der Waals surface area contributed by atoms with Gasteiger partial charge in [-0.2, -0.15) is 0 Å². The van der Waals surface area contributed by atoms with Crippen LogP contribution in [0, 0.1) is 13.8 Å². The molecule has 0 heterocycles. The van der Waals surface area contributed by atoms with Crippen molar-refractivity contribution < 1.29 is 19.1 Å². The first-order valence-corrected chi connectivity index (χ1v) is 5.86. The van der Waals surface area contributed by atoms with E-state index < -0.39 is 11.8 Å². The molecule has 0 spiro atoms. The molecule has 1 aromatic carbocycles. The van der Waals surface area contributed by atoms with Crippen molar-refractivity contribution in [2.75, 3.05) is 13.7 Å². The van der Waals surface area contributed by atoms with E-state index in [1.807, 2.05) is 0 Å². The third-order valence-electron chi connectivity index (χ3n) is 2.57. The van der Waals surface area contributed by atoms with E-state index >= 15 is 0 Å². The lowest BCUT2D eigenvalue weighted by Gasteiger charge is -2.13. The van der Waals surface area contributed by atoms with Gasteiger partial charge < -0.3 is 9.47 Å². The minimum atomic E-state index is -0.870. The molecule has 5 heteroatoms. The van der Waals surface area contributed by atoms with Crippen molar-refractivity contribution in [1.29, 1.82) is 0 Å². The topological polar surface area (TPSA) is 52.6 Å². The number of hydrogen-bond acceptors (Lipinski definition) is 4. The summed E-state index contributed by atoms with van der Waals surface area (Å²) in [6.07, 6.45) is 0. The Bertz CT molecular complexity index is 494. The number of methoxy groups -OCH3 is 1. The second kappa shape index (κ2) is 5.87. The van der Waals surface area contributed by atoms with E-state index in [2.05, 4.69) is 0 Å². The van der Waals surface area contributed by atoms with Gasteiger partial charge in [-0.15, -0.1) is 0 Å². The second-order valence-electron chi connectivity index (χ2n) is 3.76. The Hall–Kier alpha value is -1.55. The average molecular weight is 271 g/mol. The molecule has 0 aliphatic carbocycles. The van der Waals surface area contributed by atoms with E-state index in [0.29, 0.717) is 21.9 Å². The molecular weight excluding hydrogens is 256 g/mol.